The maximum atomic E-state index is 13.1. The summed E-state index contributed by atoms with van der Waals surface area (Å²) in [6.07, 6.45) is 2.13. The molecule has 4 rings (SSSR count). The lowest BCUT2D eigenvalue weighted by Crippen LogP contribution is -2.22. The van der Waals surface area contributed by atoms with E-state index in [1.165, 1.54) is 4.68 Å². The van der Waals surface area contributed by atoms with Crippen molar-refractivity contribution in [1.29, 1.82) is 0 Å². The Morgan fingerprint density at radius 1 is 1.06 bits per heavy atom. The van der Waals surface area contributed by atoms with Gasteiger partial charge in [-0.05, 0) is 64.0 Å². The number of hydrogen-bond donors (Lipinski definition) is 0. The number of benzene rings is 3. The van der Waals surface area contributed by atoms with Crippen LogP contribution in [0, 0.1) is 0 Å². The van der Waals surface area contributed by atoms with E-state index in [9.17, 15) is 4.79 Å². The molecular weight excluding hydrogens is 621 g/mol. The monoisotopic (exact) mass is 637 g/mol. The molecule has 0 aliphatic heterocycles. The SMILES string of the molecule is CCc1nc2ccc(Br)cc2c(=O)n1N=Cc1cc(OC)c(OCc2ccc(Cl)c(Cl)c2)cc1Br. The number of hydrogen-bond acceptors (Lipinski definition) is 5. The van der Waals surface area contributed by atoms with E-state index < -0.39 is 0 Å². The van der Waals surface area contributed by atoms with E-state index in [-0.39, 0.29) is 12.2 Å². The smallest absolute Gasteiger partial charge is 0.282 e. The van der Waals surface area contributed by atoms with Gasteiger partial charge in [0.25, 0.3) is 5.56 Å². The van der Waals surface area contributed by atoms with Gasteiger partial charge in [-0.3, -0.25) is 4.79 Å². The second-order valence-electron chi connectivity index (χ2n) is 7.47. The van der Waals surface area contributed by atoms with E-state index in [1.807, 2.05) is 25.1 Å². The number of methoxy groups -OCH3 is 1. The van der Waals surface area contributed by atoms with Crippen molar-refractivity contribution >= 4 is 72.2 Å². The van der Waals surface area contributed by atoms with Crippen LogP contribution >= 0.6 is 55.1 Å². The molecule has 0 N–H and O–H groups in total. The molecule has 3 aromatic carbocycles. The quantitative estimate of drug-likeness (QED) is 0.200. The van der Waals surface area contributed by atoms with Gasteiger partial charge in [-0.15, -0.1) is 0 Å². The minimum absolute atomic E-state index is 0.242. The Labute approximate surface area is 228 Å². The summed E-state index contributed by atoms with van der Waals surface area (Å²) in [6.45, 7) is 2.21. The zero-order valence-corrected chi connectivity index (χ0v) is 23.4. The van der Waals surface area contributed by atoms with Crippen molar-refractivity contribution in [2.45, 2.75) is 20.0 Å². The van der Waals surface area contributed by atoms with Gasteiger partial charge in [0.1, 0.15) is 12.4 Å². The molecule has 0 saturated heterocycles. The van der Waals surface area contributed by atoms with Crippen LogP contribution in [0.4, 0.5) is 0 Å². The van der Waals surface area contributed by atoms with Crippen LogP contribution in [0.1, 0.15) is 23.9 Å². The molecule has 10 heteroatoms. The summed E-state index contributed by atoms with van der Waals surface area (Å²) < 4.78 is 14.3. The van der Waals surface area contributed by atoms with Crippen molar-refractivity contribution in [1.82, 2.24) is 9.66 Å². The molecule has 0 saturated carbocycles. The van der Waals surface area contributed by atoms with Crippen LogP contribution in [0.5, 0.6) is 11.5 Å². The average molecular weight is 640 g/mol. The first-order chi connectivity index (χ1) is 16.8. The van der Waals surface area contributed by atoms with Crippen molar-refractivity contribution in [2.75, 3.05) is 7.11 Å². The summed E-state index contributed by atoms with van der Waals surface area (Å²) in [4.78, 5) is 17.7. The van der Waals surface area contributed by atoms with Crippen LogP contribution in [-0.4, -0.2) is 23.0 Å². The fraction of sp³-hybridized carbons (Fsp3) is 0.160. The van der Waals surface area contributed by atoms with E-state index in [0.29, 0.717) is 54.7 Å². The van der Waals surface area contributed by atoms with E-state index >= 15 is 0 Å². The summed E-state index contributed by atoms with van der Waals surface area (Å²) in [5.74, 6) is 1.61. The molecule has 0 fully saturated rings. The van der Waals surface area contributed by atoms with Gasteiger partial charge < -0.3 is 9.47 Å². The Morgan fingerprint density at radius 3 is 2.57 bits per heavy atom. The van der Waals surface area contributed by atoms with Crippen molar-refractivity contribution in [2.24, 2.45) is 5.10 Å². The Hall–Kier alpha value is -2.39. The molecule has 0 amide bonds. The number of aromatic nitrogens is 2. The summed E-state index contributed by atoms with van der Waals surface area (Å²) in [6, 6.07) is 14.3. The van der Waals surface area contributed by atoms with Crippen molar-refractivity contribution in [3.63, 3.8) is 0 Å². The third kappa shape index (κ3) is 5.72. The molecule has 0 unspecified atom stereocenters. The highest BCUT2D eigenvalue weighted by Crippen LogP contribution is 2.34. The van der Waals surface area contributed by atoms with E-state index in [0.717, 1.165) is 10.0 Å². The molecule has 4 aromatic rings. The Morgan fingerprint density at radius 2 is 1.86 bits per heavy atom. The molecule has 1 heterocycles. The van der Waals surface area contributed by atoms with Gasteiger partial charge in [-0.1, -0.05) is 52.1 Å². The van der Waals surface area contributed by atoms with Gasteiger partial charge in [-0.25, -0.2) is 4.98 Å². The van der Waals surface area contributed by atoms with Gasteiger partial charge in [-0.2, -0.15) is 9.78 Å². The fourth-order valence-corrected chi connectivity index (χ4v) is 4.48. The van der Waals surface area contributed by atoms with E-state index in [4.69, 9.17) is 32.7 Å². The molecule has 1 aromatic heterocycles. The first-order valence-corrected chi connectivity index (χ1v) is 12.8. The predicted molar refractivity (Wildman–Crippen MR) is 148 cm³/mol. The van der Waals surface area contributed by atoms with E-state index in [2.05, 4.69) is 41.9 Å². The van der Waals surface area contributed by atoms with Gasteiger partial charge >= 0.3 is 0 Å². The normalized spacial score (nSPS) is 11.4. The molecule has 0 aliphatic carbocycles. The van der Waals surface area contributed by atoms with Crippen LogP contribution in [0.3, 0.4) is 0 Å². The first-order valence-electron chi connectivity index (χ1n) is 10.5. The Bertz CT molecular complexity index is 1510. The zero-order valence-electron chi connectivity index (χ0n) is 18.7. The lowest BCUT2D eigenvalue weighted by molar-refractivity contribution is 0.284. The molecule has 6 nitrogen and oxygen atoms in total. The zero-order chi connectivity index (χ0) is 25.1. The number of ether oxygens (including phenoxy) is 2. The maximum Gasteiger partial charge on any atom is 0.282 e. The largest absolute Gasteiger partial charge is 0.493 e. The molecule has 180 valence electrons. The van der Waals surface area contributed by atoms with Crippen LogP contribution in [-0.2, 0) is 13.0 Å². The Balaban J connectivity index is 1.65. The minimum Gasteiger partial charge on any atom is -0.493 e. The summed E-state index contributed by atoms with van der Waals surface area (Å²) in [5.41, 5.74) is 1.96. The molecule has 35 heavy (non-hydrogen) atoms. The summed E-state index contributed by atoms with van der Waals surface area (Å²) >= 11 is 19.0. The number of fused-ring (bicyclic) bond motifs is 1. The number of halogens is 4. The lowest BCUT2D eigenvalue weighted by Gasteiger charge is -2.13. The van der Waals surface area contributed by atoms with Gasteiger partial charge in [0, 0.05) is 20.9 Å². The fourth-order valence-electron chi connectivity index (χ4n) is 3.38. The highest BCUT2D eigenvalue weighted by Gasteiger charge is 2.13. The summed E-state index contributed by atoms with van der Waals surface area (Å²) in [5, 5.41) is 5.88. The van der Waals surface area contributed by atoms with Crippen molar-refractivity contribution < 1.29 is 9.47 Å². The van der Waals surface area contributed by atoms with Crippen LogP contribution < -0.4 is 15.0 Å². The lowest BCUT2D eigenvalue weighted by atomic mass is 10.2. The Kier molecular flexibility index (Phi) is 8.16. The number of rotatable bonds is 7. The van der Waals surface area contributed by atoms with Crippen LogP contribution in [0.2, 0.25) is 10.0 Å². The highest BCUT2D eigenvalue weighted by atomic mass is 79.9. The second kappa shape index (κ2) is 11.1. The maximum absolute atomic E-state index is 13.1. The minimum atomic E-state index is -0.242. The number of aryl methyl sites for hydroxylation is 1. The average Bonchev–Trinajstić information content (AvgIpc) is 2.85. The highest BCUT2D eigenvalue weighted by molar-refractivity contribution is 9.10. The van der Waals surface area contributed by atoms with Gasteiger partial charge in [0.05, 0.1) is 34.3 Å². The van der Waals surface area contributed by atoms with Gasteiger partial charge in [0.15, 0.2) is 11.5 Å². The van der Waals surface area contributed by atoms with E-state index in [1.54, 1.807) is 43.7 Å². The third-order valence-electron chi connectivity index (χ3n) is 5.17. The molecule has 0 radical (unpaired) electrons. The second-order valence-corrected chi connectivity index (χ2v) is 10.1. The van der Waals surface area contributed by atoms with Crippen LogP contribution in [0.15, 0.2) is 67.4 Å². The van der Waals surface area contributed by atoms with Crippen molar-refractivity contribution in [3.05, 3.63) is 94.8 Å². The molecule has 0 aliphatic rings. The molecule has 0 atom stereocenters. The predicted octanol–water partition coefficient (Wildman–Crippen LogP) is 7.26. The van der Waals surface area contributed by atoms with Crippen LogP contribution in [0.25, 0.3) is 10.9 Å². The number of nitrogens with zero attached hydrogens (tertiary/aromatic N) is 3. The molecule has 0 spiro atoms. The summed E-state index contributed by atoms with van der Waals surface area (Å²) in [7, 11) is 1.56. The topological polar surface area (TPSA) is 65.7 Å². The van der Waals surface area contributed by atoms with Crippen molar-refractivity contribution in [3.8, 4) is 11.5 Å². The first kappa shape index (κ1) is 25.7. The van der Waals surface area contributed by atoms with Gasteiger partial charge in [0.2, 0.25) is 0 Å². The third-order valence-corrected chi connectivity index (χ3v) is 7.08. The molecule has 0 bridgehead atoms. The molecular formula is C25H19Br2Cl2N3O3. The standard InChI is InChI=1S/C25H19Br2Cl2N3O3/c1-3-24-31-21-7-5-16(26)10-17(21)25(33)32(24)30-12-15-9-22(34-2)23(11-18(15)27)35-13-14-4-6-19(28)20(29)8-14/h4-12H,3,13H2,1-2H3.